The molecule has 3 fully saturated rings. The van der Waals surface area contributed by atoms with Crippen molar-refractivity contribution >= 4 is 5.97 Å². The summed E-state index contributed by atoms with van der Waals surface area (Å²) in [6.07, 6.45) is 2.51. The number of carbonyl (C=O) groups is 1. The first-order chi connectivity index (χ1) is 6.43. The molecule has 3 aliphatic carbocycles. The van der Waals surface area contributed by atoms with Crippen LogP contribution in [0.25, 0.3) is 0 Å². The van der Waals surface area contributed by atoms with Crippen molar-refractivity contribution in [3.63, 3.8) is 0 Å². The molecule has 2 bridgehead atoms. The van der Waals surface area contributed by atoms with Crippen LogP contribution in [0.3, 0.4) is 0 Å². The number of ether oxygens (including phenoxy) is 1. The van der Waals surface area contributed by atoms with Gasteiger partial charge in [0, 0.05) is 12.8 Å². The Bertz CT molecular complexity index is 257. The van der Waals surface area contributed by atoms with Crippen LogP contribution in [0.4, 0.5) is 0 Å². The van der Waals surface area contributed by atoms with E-state index in [1.54, 1.807) is 0 Å². The monoisotopic (exact) mass is 196 g/mol. The third kappa shape index (κ3) is 1.27. The highest BCUT2D eigenvalue weighted by Crippen LogP contribution is 2.61. The first-order valence-electron chi connectivity index (χ1n) is 5.60. The molecular weight excluding hydrogens is 176 g/mol. The van der Waals surface area contributed by atoms with Crippen molar-refractivity contribution in [3.05, 3.63) is 0 Å². The zero-order valence-corrected chi connectivity index (χ0v) is 9.54. The van der Waals surface area contributed by atoms with Gasteiger partial charge in [-0.3, -0.25) is 4.79 Å². The zero-order valence-electron chi connectivity index (χ0n) is 9.54. The van der Waals surface area contributed by atoms with Gasteiger partial charge in [-0.25, -0.2) is 0 Å². The van der Waals surface area contributed by atoms with Crippen molar-refractivity contribution in [2.75, 3.05) is 0 Å². The maximum atomic E-state index is 11.0. The van der Waals surface area contributed by atoms with Crippen LogP contribution in [0, 0.1) is 23.2 Å². The third-order valence-electron chi connectivity index (χ3n) is 4.48. The molecule has 3 rings (SSSR count). The highest BCUT2D eigenvalue weighted by molar-refractivity contribution is 5.66. The van der Waals surface area contributed by atoms with E-state index in [0.29, 0.717) is 17.3 Å². The van der Waals surface area contributed by atoms with Crippen LogP contribution in [0.15, 0.2) is 0 Å². The molecule has 0 heterocycles. The van der Waals surface area contributed by atoms with Crippen molar-refractivity contribution in [1.29, 1.82) is 0 Å². The molecule has 2 nitrogen and oxygen atoms in total. The summed E-state index contributed by atoms with van der Waals surface area (Å²) in [5, 5.41) is 0. The molecule has 0 N–H and O–H groups in total. The number of carbonyl (C=O) groups excluding carboxylic acids is 1. The third-order valence-corrected chi connectivity index (χ3v) is 4.48. The Kier molecular flexibility index (Phi) is 2.13. The minimum absolute atomic E-state index is 0.122. The molecule has 0 aromatic heterocycles. The number of hydrogen-bond acceptors (Lipinski definition) is 2. The summed E-state index contributed by atoms with van der Waals surface area (Å²) >= 11 is 0. The molecule has 3 saturated carbocycles. The standard InChI is InChI=1S/C12H20O2/c1-7-5-11(14-8(2)13)10-6-9(7)12(10,3)4/h7,9-11H,5-6H2,1-4H3/t7-,9-,10+,11-/m1/s1. The molecule has 80 valence electrons. The van der Waals surface area contributed by atoms with Crippen LogP contribution < -0.4 is 0 Å². The molecular formula is C12H20O2. The van der Waals surface area contributed by atoms with Crippen molar-refractivity contribution < 1.29 is 9.53 Å². The van der Waals surface area contributed by atoms with E-state index in [2.05, 4.69) is 20.8 Å². The smallest absolute Gasteiger partial charge is 0.302 e. The summed E-state index contributed by atoms with van der Waals surface area (Å²) < 4.78 is 5.41. The van der Waals surface area contributed by atoms with Crippen molar-refractivity contribution in [2.24, 2.45) is 23.2 Å². The average Bonchev–Trinajstić information content (AvgIpc) is 2.00. The Morgan fingerprint density at radius 3 is 2.36 bits per heavy atom. The zero-order chi connectivity index (χ0) is 10.5. The van der Waals surface area contributed by atoms with E-state index in [9.17, 15) is 4.79 Å². The van der Waals surface area contributed by atoms with E-state index in [4.69, 9.17) is 4.74 Å². The lowest BCUT2D eigenvalue weighted by Crippen LogP contribution is -2.58. The fraction of sp³-hybridized carbons (Fsp3) is 0.917. The molecule has 0 saturated heterocycles. The van der Waals surface area contributed by atoms with Crippen LogP contribution in [-0.2, 0) is 9.53 Å². The molecule has 0 spiro atoms. The molecule has 0 aromatic carbocycles. The lowest BCUT2D eigenvalue weighted by atomic mass is 9.45. The van der Waals surface area contributed by atoms with E-state index in [1.807, 2.05) is 0 Å². The minimum atomic E-state index is -0.122. The molecule has 4 atom stereocenters. The quantitative estimate of drug-likeness (QED) is 0.603. The van der Waals surface area contributed by atoms with Crippen LogP contribution in [0.5, 0.6) is 0 Å². The molecule has 14 heavy (non-hydrogen) atoms. The SMILES string of the molecule is CC(=O)O[C@@H]1C[C@@H](C)[C@H]2C[C@@H]1C2(C)C. The molecule has 3 aliphatic rings. The second-order valence-electron chi connectivity index (χ2n) is 5.63. The van der Waals surface area contributed by atoms with Gasteiger partial charge in [0.2, 0.25) is 0 Å². The Balaban J connectivity index is 2.10. The molecule has 2 heteroatoms. The summed E-state index contributed by atoms with van der Waals surface area (Å²) in [5.74, 6) is 2.04. The van der Waals surface area contributed by atoms with Crippen LogP contribution >= 0.6 is 0 Å². The largest absolute Gasteiger partial charge is 0.462 e. The van der Waals surface area contributed by atoms with Gasteiger partial charge in [-0.2, -0.15) is 0 Å². The van der Waals surface area contributed by atoms with E-state index < -0.39 is 0 Å². The predicted molar refractivity (Wildman–Crippen MR) is 54.7 cm³/mol. The maximum absolute atomic E-state index is 11.0. The van der Waals surface area contributed by atoms with Gasteiger partial charge in [0.25, 0.3) is 0 Å². The Hall–Kier alpha value is -0.530. The fourth-order valence-corrected chi connectivity index (χ4v) is 3.63. The topological polar surface area (TPSA) is 26.3 Å². The van der Waals surface area contributed by atoms with Crippen LogP contribution in [-0.4, -0.2) is 12.1 Å². The van der Waals surface area contributed by atoms with Crippen molar-refractivity contribution in [1.82, 2.24) is 0 Å². The average molecular weight is 196 g/mol. The Morgan fingerprint density at radius 1 is 1.29 bits per heavy atom. The molecule has 0 unspecified atom stereocenters. The van der Waals surface area contributed by atoms with Crippen molar-refractivity contribution in [3.8, 4) is 0 Å². The van der Waals surface area contributed by atoms with Gasteiger partial charge in [-0.1, -0.05) is 20.8 Å². The minimum Gasteiger partial charge on any atom is -0.462 e. The van der Waals surface area contributed by atoms with E-state index >= 15 is 0 Å². The summed E-state index contributed by atoms with van der Waals surface area (Å²) in [6, 6.07) is 0. The van der Waals surface area contributed by atoms with E-state index in [-0.39, 0.29) is 12.1 Å². The normalized spacial score (nSPS) is 44.0. The van der Waals surface area contributed by atoms with Gasteiger partial charge >= 0.3 is 5.97 Å². The van der Waals surface area contributed by atoms with Gasteiger partial charge < -0.3 is 4.74 Å². The summed E-state index contributed by atoms with van der Waals surface area (Å²) in [6.45, 7) is 8.44. The summed E-state index contributed by atoms with van der Waals surface area (Å²) in [5.41, 5.74) is 0.387. The molecule has 0 amide bonds. The number of rotatable bonds is 1. The first kappa shape index (κ1) is 10.0. The Labute approximate surface area is 86.0 Å². The number of esters is 1. The number of fused-ring (bicyclic) bond motifs is 2. The van der Waals surface area contributed by atoms with Crippen molar-refractivity contribution in [2.45, 2.75) is 46.6 Å². The summed E-state index contributed by atoms with van der Waals surface area (Å²) in [4.78, 5) is 11.0. The fourth-order valence-electron chi connectivity index (χ4n) is 3.63. The van der Waals surface area contributed by atoms with Crippen LogP contribution in [0.2, 0.25) is 0 Å². The maximum Gasteiger partial charge on any atom is 0.302 e. The highest BCUT2D eigenvalue weighted by Gasteiger charge is 2.58. The second kappa shape index (κ2) is 2.98. The summed E-state index contributed by atoms with van der Waals surface area (Å²) in [7, 11) is 0. The van der Waals surface area contributed by atoms with Gasteiger partial charge in [-0.15, -0.1) is 0 Å². The van der Waals surface area contributed by atoms with E-state index in [0.717, 1.165) is 12.3 Å². The van der Waals surface area contributed by atoms with Gasteiger partial charge in [0.15, 0.2) is 0 Å². The van der Waals surface area contributed by atoms with Gasteiger partial charge in [0.1, 0.15) is 6.10 Å². The van der Waals surface area contributed by atoms with Gasteiger partial charge in [0.05, 0.1) is 0 Å². The van der Waals surface area contributed by atoms with E-state index in [1.165, 1.54) is 13.3 Å². The Morgan fingerprint density at radius 2 is 1.93 bits per heavy atom. The predicted octanol–water partition coefficient (Wildman–Crippen LogP) is 2.62. The molecule has 0 radical (unpaired) electrons. The lowest BCUT2D eigenvalue weighted by molar-refractivity contribution is -0.193. The first-order valence-corrected chi connectivity index (χ1v) is 5.60. The lowest BCUT2D eigenvalue weighted by Gasteiger charge is -2.61. The molecule has 0 aliphatic heterocycles. The second-order valence-corrected chi connectivity index (χ2v) is 5.63. The van der Waals surface area contributed by atoms with Gasteiger partial charge in [-0.05, 0) is 30.1 Å². The number of hydrogen-bond donors (Lipinski definition) is 0. The van der Waals surface area contributed by atoms with Crippen LogP contribution in [0.1, 0.15) is 40.5 Å². The molecule has 0 aromatic rings. The highest BCUT2D eigenvalue weighted by atomic mass is 16.5.